The zero-order valence-corrected chi connectivity index (χ0v) is 19.7. The second-order valence-corrected chi connectivity index (χ2v) is 11.5. The second-order valence-electron chi connectivity index (χ2n) is 7.54. The molecule has 0 fully saturated rings. The Labute approximate surface area is 188 Å². The molecular formula is C22H32N3O4PS. The van der Waals surface area contributed by atoms with Crippen molar-refractivity contribution >= 4 is 23.6 Å². The Balaban J connectivity index is 3.30. The molecule has 0 bridgehead atoms. The number of nitrogens with one attached hydrogen (secondary N) is 1. The highest BCUT2D eigenvalue weighted by molar-refractivity contribution is 8.16. The number of nitrogens with zero attached hydrogens (tertiary/aromatic N) is 2. The quantitative estimate of drug-likeness (QED) is 0.218. The largest absolute Gasteiger partial charge is 0.742 e. The smallest absolute Gasteiger partial charge is 0.314 e. The Hall–Kier alpha value is -1.80. The molecule has 0 saturated heterocycles. The highest BCUT2D eigenvalue weighted by Crippen LogP contribution is 2.43. The van der Waals surface area contributed by atoms with Gasteiger partial charge in [-0.2, -0.15) is 10.5 Å². The number of benzene rings is 1. The maximum Gasteiger partial charge on any atom is 0.314 e. The molecule has 1 aromatic rings. The standard InChI is InChI=1S/C22H32N3O4PS/c1-2-3-4-5-9-14-20(26)25-21(19-12-7-6-8-13-19)22(15-10-17-23,16-11-18-24)31-30(27,28)29/h6-8,12-13,21H,2-5,9-11,14-16H2,1H3,(H3-,25,26,27,28,29)/t21-/m1/s1. The van der Waals surface area contributed by atoms with E-state index in [1.807, 2.05) is 18.2 Å². The molecule has 1 atom stereocenters. The van der Waals surface area contributed by atoms with Crippen LogP contribution >= 0.6 is 6.72 Å². The first-order valence-corrected chi connectivity index (χ1v) is 13.7. The summed E-state index contributed by atoms with van der Waals surface area (Å²) in [5, 5.41) is 21.3. The SMILES string of the molecule is CCCCCCCC(=O)N[C@H](c1ccccc1)C(CCC#N)(CCC#N)[S+]=P([O-])(O)O. The molecule has 1 rings (SSSR count). The minimum absolute atomic E-state index is 0.0502. The van der Waals surface area contributed by atoms with E-state index in [4.69, 9.17) is 10.5 Å². The van der Waals surface area contributed by atoms with E-state index in [0.717, 1.165) is 32.1 Å². The van der Waals surface area contributed by atoms with E-state index in [1.165, 1.54) is 0 Å². The van der Waals surface area contributed by atoms with Crippen molar-refractivity contribution in [1.29, 1.82) is 10.5 Å². The van der Waals surface area contributed by atoms with Gasteiger partial charge in [0.25, 0.3) is 0 Å². The van der Waals surface area contributed by atoms with Gasteiger partial charge in [0.15, 0.2) is 0 Å². The summed E-state index contributed by atoms with van der Waals surface area (Å²) >= 11 is 0. The lowest BCUT2D eigenvalue weighted by atomic mass is 9.84. The lowest BCUT2D eigenvalue weighted by Crippen LogP contribution is -2.46. The normalized spacial score (nSPS) is 12.5. The Kier molecular flexibility index (Phi) is 12.6. The number of nitriles is 2. The highest BCUT2D eigenvalue weighted by atomic mass is 32.5. The van der Waals surface area contributed by atoms with Crippen LogP contribution in [0.4, 0.5) is 0 Å². The minimum Gasteiger partial charge on any atom is -0.742 e. The van der Waals surface area contributed by atoms with Crippen LogP contribution in [0.5, 0.6) is 0 Å². The third-order valence-electron chi connectivity index (χ3n) is 5.09. The molecule has 0 aliphatic heterocycles. The molecule has 0 unspecified atom stereocenters. The number of hydrogen-bond donors (Lipinski definition) is 3. The van der Waals surface area contributed by atoms with Gasteiger partial charge >= 0.3 is 6.72 Å². The third kappa shape index (κ3) is 10.4. The van der Waals surface area contributed by atoms with Crippen LogP contribution < -0.4 is 10.2 Å². The van der Waals surface area contributed by atoms with Gasteiger partial charge in [-0.15, -0.1) is 0 Å². The van der Waals surface area contributed by atoms with E-state index < -0.39 is 17.5 Å². The Morgan fingerprint density at radius 1 is 1.13 bits per heavy atom. The fourth-order valence-electron chi connectivity index (χ4n) is 3.62. The van der Waals surface area contributed by atoms with Crippen LogP contribution in [0, 0.1) is 22.7 Å². The van der Waals surface area contributed by atoms with E-state index in [9.17, 15) is 19.5 Å². The lowest BCUT2D eigenvalue weighted by Gasteiger charge is -2.31. The molecule has 9 heteroatoms. The molecule has 170 valence electrons. The summed E-state index contributed by atoms with van der Waals surface area (Å²) in [4.78, 5) is 44.4. The fourth-order valence-corrected chi connectivity index (χ4v) is 7.06. The molecule has 3 N–H and O–H groups in total. The summed E-state index contributed by atoms with van der Waals surface area (Å²) in [6, 6.07) is 12.3. The van der Waals surface area contributed by atoms with Gasteiger partial charge in [-0.1, -0.05) is 62.9 Å². The number of rotatable bonds is 14. The molecule has 1 amide bonds. The number of hydrogen-bond acceptors (Lipinski definition) is 4. The van der Waals surface area contributed by atoms with E-state index in [0.29, 0.717) is 22.9 Å². The first kappa shape index (κ1) is 27.2. The average molecular weight is 466 g/mol. The first-order valence-electron chi connectivity index (χ1n) is 10.6. The van der Waals surface area contributed by atoms with Gasteiger partial charge in [0.1, 0.15) is 6.04 Å². The van der Waals surface area contributed by atoms with E-state index in [2.05, 4.69) is 12.2 Å². The van der Waals surface area contributed by atoms with Crippen molar-refractivity contribution in [2.75, 3.05) is 0 Å². The number of unbranched alkanes of at least 4 members (excludes halogenated alkanes) is 4. The molecule has 1 aromatic carbocycles. The van der Waals surface area contributed by atoms with Gasteiger partial charge in [0.05, 0.1) is 12.1 Å². The first-order chi connectivity index (χ1) is 14.8. The van der Waals surface area contributed by atoms with E-state index in [-0.39, 0.29) is 31.6 Å². The summed E-state index contributed by atoms with van der Waals surface area (Å²) in [6.45, 7) is -2.45. The summed E-state index contributed by atoms with van der Waals surface area (Å²) < 4.78 is -1.19. The molecule has 0 saturated carbocycles. The predicted molar refractivity (Wildman–Crippen MR) is 122 cm³/mol. The van der Waals surface area contributed by atoms with Crippen molar-refractivity contribution in [3.05, 3.63) is 35.9 Å². The van der Waals surface area contributed by atoms with Gasteiger partial charge in [-0.3, -0.25) is 4.79 Å². The van der Waals surface area contributed by atoms with Gasteiger partial charge < -0.3 is 20.0 Å². The van der Waals surface area contributed by atoms with Crippen molar-refractivity contribution < 1.29 is 19.5 Å². The van der Waals surface area contributed by atoms with Gasteiger partial charge in [0, 0.05) is 32.1 Å². The Morgan fingerprint density at radius 2 is 1.71 bits per heavy atom. The molecule has 0 radical (unpaired) electrons. The van der Waals surface area contributed by atoms with Crippen molar-refractivity contribution in [2.45, 2.75) is 81.9 Å². The maximum atomic E-state index is 12.8. The van der Waals surface area contributed by atoms with Crippen LogP contribution in [0.3, 0.4) is 0 Å². The van der Waals surface area contributed by atoms with Crippen LogP contribution in [0.25, 0.3) is 0 Å². The summed E-state index contributed by atoms with van der Waals surface area (Å²) in [6.07, 6.45) is 5.68. The predicted octanol–water partition coefficient (Wildman–Crippen LogP) is 3.66. The van der Waals surface area contributed by atoms with Crippen LogP contribution in [-0.4, -0.2) is 20.4 Å². The minimum atomic E-state index is -4.57. The molecule has 0 aromatic heterocycles. The van der Waals surface area contributed by atoms with Gasteiger partial charge in [-0.25, -0.2) is 0 Å². The molecule has 31 heavy (non-hydrogen) atoms. The van der Waals surface area contributed by atoms with Crippen molar-refractivity contribution in [2.24, 2.45) is 0 Å². The zero-order chi connectivity index (χ0) is 23.2. The molecular weight excluding hydrogens is 433 g/mol. The highest BCUT2D eigenvalue weighted by Gasteiger charge is 2.50. The van der Waals surface area contributed by atoms with Crippen LogP contribution in [0.1, 0.15) is 82.7 Å². The summed E-state index contributed by atoms with van der Waals surface area (Å²) in [5.41, 5.74) is 0.693. The number of carbonyl (C=O) groups is 1. The van der Waals surface area contributed by atoms with Crippen LogP contribution in [0.15, 0.2) is 30.3 Å². The fraction of sp³-hybridized carbons (Fsp3) is 0.591. The number of amides is 1. The Bertz CT molecular complexity index is 788. The maximum absolute atomic E-state index is 12.8. The molecule has 0 spiro atoms. The van der Waals surface area contributed by atoms with Gasteiger partial charge in [-0.05, 0) is 12.0 Å². The summed E-state index contributed by atoms with van der Waals surface area (Å²) in [7, 11) is 0.459. The van der Waals surface area contributed by atoms with E-state index >= 15 is 0 Å². The third-order valence-corrected chi connectivity index (χ3v) is 8.14. The number of carbonyl (C=O) groups excluding carboxylic acids is 1. The summed E-state index contributed by atoms with van der Waals surface area (Å²) in [5.74, 6) is -0.199. The van der Waals surface area contributed by atoms with Crippen molar-refractivity contribution in [3.8, 4) is 12.1 Å². The molecule has 0 aliphatic carbocycles. The van der Waals surface area contributed by atoms with E-state index in [1.54, 1.807) is 24.3 Å². The lowest BCUT2D eigenvalue weighted by molar-refractivity contribution is -0.196. The van der Waals surface area contributed by atoms with Crippen molar-refractivity contribution in [3.63, 3.8) is 0 Å². The van der Waals surface area contributed by atoms with Crippen LogP contribution in [0.2, 0.25) is 0 Å². The van der Waals surface area contributed by atoms with Crippen molar-refractivity contribution in [1.82, 2.24) is 5.32 Å². The zero-order valence-electron chi connectivity index (χ0n) is 18.0. The molecule has 0 aliphatic rings. The molecule has 7 nitrogen and oxygen atoms in total. The topological polar surface area (TPSA) is 140 Å². The van der Waals surface area contributed by atoms with Crippen LogP contribution in [-0.2, 0) is 15.7 Å². The molecule has 0 heterocycles. The van der Waals surface area contributed by atoms with Gasteiger partial charge in [0.2, 0.25) is 21.6 Å². The average Bonchev–Trinajstić information content (AvgIpc) is 2.73. The monoisotopic (exact) mass is 465 g/mol. The Morgan fingerprint density at radius 3 is 2.23 bits per heavy atom. The second kappa shape index (κ2) is 14.3.